The molecular formula is C26H25BrN2O4S. The topological polar surface area (TPSA) is 69.9 Å². The summed E-state index contributed by atoms with van der Waals surface area (Å²) in [5, 5.41) is 0. The Labute approximate surface area is 210 Å². The van der Waals surface area contributed by atoms with Crippen molar-refractivity contribution in [2.45, 2.75) is 32.7 Å². The van der Waals surface area contributed by atoms with Crippen LogP contribution < -0.4 is 19.6 Å². The third kappa shape index (κ3) is 4.65. The van der Waals surface area contributed by atoms with E-state index in [9.17, 15) is 9.59 Å². The van der Waals surface area contributed by atoms with Crippen molar-refractivity contribution >= 4 is 39.3 Å². The lowest BCUT2D eigenvalue weighted by Gasteiger charge is -2.26. The average Bonchev–Trinajstić information content (AvgIpc) is 3.14. The van der Waals surface area contributed by atoms with Gasteiger partial charge in [-0.15, -0.1) is 0 Å². The van der Waals surface area contributed by atoms with E-state index in [1.165, 1.54) is 11.3 Å². The summed E-state index contributed by atoms with van der Waals surface area (Å²) >= 11 is 4.76. The van der Waals surface area contributed by atoms with Crippen molar-refractivity contribution in [3.63, 3.8) is 0 Å². The van der Waals surface area contributed by atoms with Crippen LogP contribution in [-0.2, 0) is 9.53 Å². The average molecular weight is 541 g/mol. The highest BCUT2D eigenvalue weighted by atomic mass is 79.9. The van der Waals surface area contributed by atoms with Gasteiger partial charge in [0, 0.05) is 10.0 Å². The molecule has 3 aromatic rings. The molecule has 4 rings (SSSR count). The summed E-state index contributed by atoms with van der Waals surface area (Å²) in [5.74, 6) is 0.127. The minimum atomic E-state index is -0.694. The second kappa shape index (κ2) is 10.5. The van der Waals surface area contributed by atoms with Crippen LogP contribution in [0.1, 0.15) is 43.9 Å². The number of aromatic nitrogens is 1. The number of esters is 1. The smallest absolute Gasteiger partial charge is 0.338 e. The maximum Gasteiger partial charge on any atom is 0.338 e. The highest BCUT2D eigenvalue weighted by molar-refractivity contribution is 9.10. The van der Waals surface area contributed by atoms with Gasteiger partial charge in [-0.2, -0.15) is 0 Å². The molecule has 2 aromatic carbocycles. The summed E-state index contributed by atoms with van der Waals surface area (Å²) in [7, 11) is 1.58. The summed E-state index contributed by atoms with van der Waals surface area (Å²) in [6.45, 7) is 4.03. The van der Waals surface area contributed by atoms with E-state index in [0.29, 0.717) is 38.3 Å². The summed E-state index contributed by atoms with van der Waals surface area (Å²) in [6.07, 6.45) is 3.24. The monoisotopic (exact) mass is 540 g/mol. The Morgan fingerprint density at radius 1 is 1.18 bits per heavy atom. The van der Waals surface area contributed by atoms with Crippen LogP contribution in [0.2, 0.25) is 0 Å². The molecule has 1 unspecified atom stereocenters. The van der Waals surface area contributed by atoms with Gasteiger partial charge in [-0.25, -0.2) is 9.79 Å². The van der Waals surface area contributed by atoms with Gasteiger partial charge in [0.1, 0.15) is 11.8 Å². The van der Waals surface area contributed by atoms with E-state index in [-0.39, 0.29) is 12.2 Å². The first-order chi connectivity index (χ1) is 16.5. The Hall–Kier alpha value is -2.97. The lowest BCUT2D eigenvalue weighted by Crippen LogP contribution is -2.40. The number of carbonyl (C=O) groups excluding carboxylic acids is 1. The molecule has 0 amide bonds. The number of benzene rings is 2. The normalized spacial score (nSPS) is 15.6. The molecule has 0 radical (unpaired) electrons. The van der Waals surface area contributed by atoms with E-state index in [2.05, 4.69) is 15.9 Å². The van der Waals surface area contributed by atoms with Gasteiger partial charge in [0.25, 0.3) is 5.56 Å². The lowest BCUT2D eigenvalue weighted by atomic mass is 9.93. The Morgan fingerprint density at radius 2 is 1.91 bits per heavy atom. The van der Waals surface area contributed by atoms with Crippen LogP contribution in [0.5, 0.6) is 5.75 Å². The van der Waals surface area contributed by atoms with Gasteiger partial charge in [0.2, 0.25) is 0 Å². The Morgan fingerprint density at radius 3 is 2.59 bits per heavy atom. The quantitative estimate of drug-likeness (QED) is 0.417. The third-order valence-corrected chi connectivity index (χ3v) is 7.01. The molecule has 2 heterocycles. The summed E-state index contributed by atoms with van der Waals surface area (Å²) in [6, 6.07) is 14.5. The van der Waals surface area contributed by atoms with Gasteiger partial charge in [-0.3, -0.25) is 9.36 Å². The van der Waals surface area contributed by atoms with Crippen molar-refractivity contribution in [1.82, 2.24) is 4.57 Å². The highest BCUT2D eigenvalue weighted by Gasteiger charge is 2.35. The molecule has 34 heavy (non-hydrogen) atoms. The van der Waals surface area contributed by atoms with Crippen molar-refractivity contribution in [2.75, 3.05) is 13.7 Å². The largest absolute Gasteiger partial charge is 0.496 e. The van der Waals surface area contributed by atoms with E-state index in [1.54, 1.807) is 18.6 Å². The molecular weight excluding hydrogens is 516 g/mol. The van der Waals surface area contributed by atoms with Crippen LogP contribution in [0.25, 0.3) is 6.08 Å². The minimum absolute atomic E-state index is 0.208. The Balaban J connectivity index is 2.02. The number of thiazole rings is 1. The molecule has 1 aliphatic rings. The highest BCUT2D eigenvalue weighted by Crippen LogP contribution is 2.36. The van der Waals surface area contributed by atoms with Gasteiger partial charge >= 0.3 is 5.97 Å². The number of hydrogen-bond donors (Lipinski definition) is 0. The zero-order valence-corrected chi connectivity index (χ0v) is 21.6. The van der Waals surface area contributed by atoms with Gasteiger partial charge < -0.3 is 9.47 Å². The lowest BCUT2D eigenvalue weighted by molar-refractivity contribution is -0.139. The molecule has 0 saturated carbocycles. The fourth-order valence-electron chi connectivity index (χ4n) is 4.02. The van der Waals surface area contributed by atoms with Gasteiger partial charge in [-0.05, 0) is 43.2 Å². The number of allylic oxidation sites excluding steroid dienone is 1. The summed E-state index contributed by atoms with van der Waals surface area (Å²) in [4.78, 5) is 32.3. The molecule has 1 aliphatic heterocycles. The predicted molar refractivity (Wildman–Crippen MR) is 137 cm³/mol. The molecule has 0 bridgehead atoms. The molecule has 6 nitrogen and oxygen atoms in total. The number of fused-ring (bicyclic) bond motifs is 1. The van der Waals surface area contributed by atoms with Crippen molar-refractivity contribution in [1.29, 1.82) is 0 Å². The number of para-hydroxylation sites is 1. The van der Waals surface area contributed by atoms with Crippen molar-refractivity contribution in [3.8, 4) is 5.75 Å². The number of carbonyl (C=O) groups is 1. The third-order valence-electron chi connectivity index (χ3n) is 5.49. The number of nitrogens with zero attached hydrogens (tertiary/aromatic N) is 2. The first-order valence-electron chi connectivity index (χ1n) is 11.1. The molecule has 1 atom stereocenters. The van der Waals surface area contributed by atoms with Crippen molar-refractivity contribution in [2.24, 2.45) is 4.99 Å². The Kier molecular flexibility index (Phi) is 7.48. The number of halogens is 1. The fraction of sp³-hybridized carbons (Fsp3) is 0.269. The first-order valence-corrected chi connectivity index (χ1v) is 12.7. The standard InChI is InChI=1S/C26H25BrN2O4S/c1-4-8-19-22(25(31)33-5-2)23(18-9-6-7-10-20(18)32-3)29-24(30)21(34-26(29)28-19)15-16-11-13-17(27)14-12-16/h6-7,9-15,23H,4-5,8H2,1-3H3/b21-15-. The Bertz CT molecular complexity index is 1420. The fourth-order valence-corrected chi connectivity index (χ4v) is 5.30. The van der Waals surface area contributed by atoms with E-state index >= 15 is 0 Å². The van der Waals surface area contributed by atoms with Crippen LogP contribution in [0.4, 0.5) is 0 Å². The first kappa shape index (κ1) is 24.2. The SMILES string of the molecule is CCCC1=C(C(=O)OCC)C(c2ccccc2OC)n2c(s/c(=C\c3ccc(Br)cc3)c2=O)=N1. The molecule has 0 aliphatic carbocycles. The zero-order chi connectivity index (χ0) is 24.2. The van der Waals surface area contributed by atoms with Crippen LogP contribution in [0.3, 0.4) is 0 Å². The second-order valence-electron chi connectivity index (χ2n) is 7.71. The molecule has 0 N–H and O–H groups in total. The van der Waals surface area contributed by atoms with Crippen LogP contribution in [-0.4, -0.2) is 24.3 Å². The van der Waals surface area contributed by atoms with Gasteiger partial charge in [0.05, 0.1) is 29.5 Å². The van der Waals surface area contributed by atoms with Crippen molar-refractivity contribution in [3.05, 3.63) is 95.1 Å². The van der Waals surface area contributed by atoms with Gasteiger partial charge in [0.15, 0.2) is 4.80 Å². The maximum atomic E-state index is 13.7. The van der Waals surface area contributed by atoms with Crippen molar-refractivity contribution < 1.29 is 14.3 Å². The number of methoxy groups -OCH3 is 1. The molecule has 0 fully saturated rings. The van der Waals surface area contributed by atoms with Crippen LogP contribution >= 0.6 is 27.3 Å². The van der Waals surface area contributed by atoms with E-state index in [0.717, 1.165) is 16.5 Å². The zero-order valence-electron chi connectivity index (χ0n) is 19.2. The second-order valence-corrected chi connectivity index (χ2v) is 9.63. The van der Waals surface area contributed by atoms with E-state index < -0.39 is 12.0 Å². The van der Waals surface area contributed by atoms with Crippen LogP contribution in [0, 0.1) is 0 Å². The number of hydrogen-bond acceptors (Lipinski definition) is 6. The van der Waals surface area contributed by atoms with E-state index in [1.807, 2.05) is 61.5 Å². The number of rotatable bonds is 7. The van der Waals surface area contributed by atoms with Gasteiger partial charge in [-0.1, -0.05) is 70.9 Å². The molecule has 176 valence electrons. The molecule has 0 saturated heterocycles. The molecule has 8 heteroatoms. The molecule has 1 aromatic heterocycles. The van der Waals surface area contributed by atoms with E-state index in [4.69, 9.17) is 14.5 Å². The maximum absolute atomic E-state index is 13.7. The summed E-state index contributed by atoms with van der Waals surface area (Å²) < 4.78 is 14.2. The summed E-state index contributed by atoms with van der Waals surface area (Å²) in [5.41, 5.74) is 2.44. The minimum Gasteiger partial charge on any atom is -0.496 e. The molecule has 0 spiro atoms. The number of ether oxygens (including phenoxy) is 2. The predicted octanol–water partition coefficient (Wildman–Crippen LogP) is 4.35. The van der Waals surface area contributed by atoms with Crippen LogP contribution in [0.15, 0.2) is 74.1 Å².